The molecule has 2 N–H and O–H groups in total. The Morgan fingerprint density at radius 2 is 2.05 bits per heavy atom. The van der Waals surface area contributed by atoms with Gasteiger partial charge in [0.05, 0.1) is 0 Å². The van der Waals surface area contributed by atoms with Gasteiger partial charge in [-0.25, -0.2) is 0 Å². The molecular weight excluding hydrogens is 324 g/mol. The van der Waals surface area contributed by atoms with Gasteiger partial charge >= 0.3 is 0 Å². The van der Waals surface area contributed by atoms with Crippen molar-refractivity contribution in [3.05, 3.63) is 57.0 Å². The smallest absolute Gasteiger partial charge is 0.0467 e. The van der Waals surface area contributed by atoms with E-state index in [2.05, 4.69) is 39.0 Å². The zero-order valence-electron chi connectivity index (χ0n) is 10.4. The number of nitrogen functional groups attached to an aromatic ring is 1. The van der Waals surface area contributed by atoms with E-state index in [-0.39, 0.29) is 0 Å². The van der Waals surface area contributed by atoms with E-state index >= 15 is 0 Å². The molecule has 0 unspecified atom stereocenters. The Bertz CT molecular complexity index is 628. The van der Waals surface area contributed by atoms with Gasteiger partial charge in [-0.05, 0) is 41.8 Å². The van der Waals surface area contributed by atoms with Crippen molar-refractivity contribution in [3.8, 4) is 0 Å². The molecule has 0 aromatic heterocycles. The van der Waals surface area contributed by atoms with Gasteiger partial charge in [0.15, 0.2) is 0 Å². The van der Waals surface area contributed by atoms with Crippen LogP contribution in [0.4, 0.5) is 11.4 Å². The van der Waals surface area contributed by atoms with Crippen LogP contribution >= 0.6 is 27.5 Å². The fourth-order valence-electron chi connectivity index (χ4n) is 2.48. The zero-order valence-corrected chi connectivity index (χ0v) is 12.7. The van der Waals surface area contributed by atoms with E-state index in [1.165, 1.54) is 11.3 Å². The summed E-state index contributed by atoms with van der Waals surface area (Å²) >= 11 is 9.71. The van der Waals surface area contributed by atoms with E-state index in [0.29, 0.717) is 0 Å². The van der Waals surface area contributed by atoms with Crippen LogP contribution in [-0.4, -0.2) is 6.54 Å². The first-order chi connectivity index (χ1) is 9.13. The van der Waals surface area contributed by atoms with Crippen molar-refractivity contribution in [2.24, 2.45) is 0 Å². The normalized spacial score (nSPS) is 13.7. The van der Waals surface area contributed by atoms with Gasteiger partial charge < -0.3 is 10.6 Å². The fourth-order valence-corrected chi connectivity index (χ4v) is 3.22. The lowest BCUT2D eigenvalue weighted by molar-refractivity contribution is 0.836. The summed E-state index contributed by atoms with van der Waals surface area (Å²) in [5.74, 6) is 0. The van der Waals surface area contributed by atoms with Crippen molar-refractivity contribution in [3.63, 3.8) is 0 Å². The van der Waals surface area contributed by atoms with Gasteiger partial charge in [0.1, 0.15) is 0 Å². The summed E-state index contributed by atoms with van der Waals surface area (Å²) in [6.07, 6.45) is 1.07. The molecule has 0 saturated carbocycles. The molecule has 2 nitrogen and oxygen atoms in total. The number of nitrogens with two attached hydrogens (primary N) is 1. The van der Waals surface area contributed by atoms with E-state index in [4.69, 9.17) is 17.3 Å². The first kappa shape index (κ1) is 12.8. The molecule has 0 amide bonds. The van der Waals surface area contributed by atoms with Crippen LogP contribution in [-0.2, 0) is 13.0 Å². The van der Waals surface area contributed by atoms with Gasteiger partial charge in [0.2, 0.25) is 0 Å². The third-order valence-corrected chi connectivity index (χ3v) is 4.32. The molecule has 1 heterocycles. The molecule has 2 aromatic carbocycles. The Morgan fingerprint density at radius 3 is 2.84 bits per heavy atom. The average molecular weight is 338 g/mol. The summed E-state index contributed by atoms with van der Waals surface area (Å²) in [4.78, 5) is 2.33. The highest BCUT2D eigenvalue weighted by molar-refractivity contribution is 9.10. The number of rotatable bonds is 2. The molecule has 0 aliphatic carbocycles. The molecular formula is C15H14BrClN2. The van der Waals surface area contributed by atoms with Crippen LogP contribution < -0.4 is 10.6 Å². The van der Waals surface area contributed by atoms with Gasteiger partial charge in [-0.3, -0.25) is 0 Å². The number of nitrogens with zero attached hydrogens (tertiary/aromatic N) is 1. The van der Waals surface area contributed by atoms with Crippen LogP contribution in [0.2, 0.25) is 5.02 Å². The molecule has 0 fully saturated rings. The standard InChI is InChI=1S/C15H14BrClN2/c16-12-3-1-11(14(17)7-12)9-19-6-5-10-2-4-13(18)8-15(10)19/h1-4,7-8H,5-6,9,18H2. The number of halogens is 2. The minimum atomic E-state index is 0.798. The molecule has 3 rings (SSSR count). The van der Waals surface area contributed by atoms with Gasteiger partial charge in [0.25, 0.3) is 0 Å². The van der Waals surface area contributed by atoms with E-state index < -0.39 is 0 Å². The Balaban J connectivity index is 1.88. The molecule has 1 aliphatic rings. The summed E-state index contributed by atoms with van der Waals surface area (Å²) in [7, 11) is 0. The van der Waals surface area contributed by atoms with Gasteiger partial charge in [-0.15, -0.1) is 0 Å². The maximum atomic E-state index is 6.28. The third-order valence-electron chi connectivity index (χ3n) is 3.48. The van der Waals surface area contributed by atoms with Gasteiger partial charge in [0, 0.05) is 34.0 Å². The van der Waals surface area contributed by atoms with E-state index in [1.54, 1.807) is 0 Å². The summed E-state index contributed by atoms with van der Waals surface area (Å²) < 4.78 is 1.01. The monoisotopic (exact) mass is 336 g/mol. The van der Waals surface area contributed by atoms with Crippen LogP contribution in [0.3, 0.4) is 0 Å². The van der Waals surface area contributed by atoms with Crippen LogP contribution in [0.15, 0.2) is 40.9 Å². The van der Waals surface area contributed by atoms with Crippen LogP contribution in [0.25, 0.3) is 0 Å². The van der Waals surface area contributed by atoms with Crippen molar-refractivity contribution < 1.29 is 0 Å². The molecule has 19 heavy (non-hydrogen) atoms. The number of benzene rings is 2. The Morgan fingerprint density at radius 1 is 1.21 bits per heavy atom. The molecule has 4 heteroatoms. The molecule has 0 radical (unpaired) electrons. The Hall–Kier alpha value is -1.19. The average Bonchev–Trinajstić information content (AvgIpc) is 2.75. The minimum absolute atomic E-state index is 0.798. The maximum absolute atomic E-state index is 6.28. The van der Waals surface area contributed by atoms with E-state index in [0.717, 1.165) is 40.3 Å². The second-order valence-electron chi connectivity index (χ2n) is 4.80. The molecule has 0 atom stereocenters. The topological polar surface area (TPSA) is 29.3 Å². The largest absolute Gasteiger partial charge is 0.399 e. The Kier molecular flexibility index (Phi) is 3.42. The quantitative estimate of drug-likeness (QED) is 0.830. The highest BCUT2D eigenvalue weighted by Crippen LogP contribution is 2.32. The summed E-state index contributed by atoms with van der Waals surface area (Å²) in [6, 6.07) is 12.2. The second-order valence-corrected chi connectivity index (χ2v) is 6.12. The third kappa shape index (κ3) is 2.58. The zero-order chi connectivity index (χ0) is 13.4. The number of fused-ring (bicyclic) bond motifs is 1. The molecule has 0 bridgehead atoms. The molecule has 0 saturated heterocycles. The molecule has 98 valence electrons. The van der Waals surface area contributed by atoms with Gasteiger partial charge in [-0.2, -0.15) is 0 Å². The van der Waals surface area contributed by atoms with E-state index in [1.807, 2.05) is 18.2 Å². The highest BCUT2D eigenvalue weighted by atomic mass is 79.9. The molecule has 1 aliphatic heterocycles. The van der Waals surface area contributed by atoms with Crippen molar-refractivity contribution in [1.29, 1.82) is 0 Å². The number of anilines is 2. The molecule has 2 aromatic rings. The van der Waals surface area contributed by atoms with Crippen molar-refractivity contribution in [2.75, 3.05) is 17.2 Å². The van der Waals surface area contributed by atoms with Gasteiger partial charge in [-0.1, -0.05) is 39.7 Å². The summed E-state index contributed by atoms with van der Waals surface area (Å²) in [5.41, 5.74) is 10.4. The van der Waals surface area contributed by atoms with Crippen molar-refractivity contribution >= 4 is 38.9 Å². The lowest BCUT2D eigenvalue weighted by atomic mass is 10.1. The van der Waals surface area contributed by atoms with Crippen LogP contribution in [0.1, 0.15) is 11.1 Å². The lowest BCUT2D eigenvalue weighted by Gasteiger charge is -2.20. The fraction of sp³-hybridized carbons (Fsp3) is 0.200. The maximum Gasteiger partial charge on any atom is 0.0467 e. The predicted octanol–water partition coefficient (Wildman–Crippen LogP) is 4.25. The lowest BCUT2D eigenvalue weighted by Crippen LogP contribution is -2.19. The SMILES string of the molecule is Nc1ccc2c(c1)N(Cc1ccc(Br)cc1Cl)CC2. The summed E-state index contributed by atoms with van der Waals surface area (Å²) in [6.45, 7) is 1.84. The predicted molar refractivity (Wildman–Crippen MR) is 84.8 cm³/mol. The highest BCUT2D eigenvalue weighted by Gasteiger charge is 2.19. The Labute approximate surface area is 126 Å². The summed E-state index contributed by atoms with van der Waals surface area (Å²) in [5, 5.41) is 0.798. The number of hydrogen-bond acceptors (Lipinski definition) is 2. The first-order valence-corrected chi connectivity index (χ1v) is 7.38. The first-order valence-electron chi connectivity index (χ1n) is 6.21. The van der Waals surface area contributed by atoms with Crippen molar-refractivity contribution in [2.45, 2.75) is 13.0 Å². The number of hydrogen-bond donors (Lipinski definition) is 1. The van der Waals surface area contributed by atoms with E-state index in [9.17, 15) is 0 Å². The van der Waals surface area contributed by atoms with Crippen molar-refractivity contribution in [1.82, 2.24) is 0 Å². The minimum Gasteiger partial charge on any atom is -0.399 e. The van der Waals surface area contributed by atoms with Crippen LogP contribution in [0.5, 0.6) is 0 Å². The van der Waals surface area contributed by atoms with Crippen LogP contribution in [0, 0.1) is 0 Å². The molecule has 0 spiro atoms. The second kappa shape index (κ2) is 5.06.